The van der Waals surface area contributed by atoms with Crippen LogP contribution >= 0.6 is 50.7 Å². The fourth-order valence-corrected chi connectivity index (χ4v) is 4.01. The molecule has 1 amide bonds. The number of aromatic nitrogens is 2. The Morgan fingerprint density at radius 3 is 2.42 bits per heavy atom. The van der Waals surface area contributed by atoms with Gasteiger partial charge in [0.2, 0.25) is 0 Å². The van der Waals surface area contributed by atoms with Crippen molar-refractivity contribution >= 4 is 68.0 Å². The number of halogens is 4. The summed E-state index contributed by atoms with van der Waals surface area (Å²) in [4.78, 5) is 17.2. The van der Waals surface area contributed by atoms with E-state index >= 15 is 0 Å². The molecule has 0 aliphatic carbocycles. The van der Waals surface area contributed by atoms with Gasteiger partial charge in [0.1, 0.15) is 5.69 Å². The predicted molar refractivity (Wildman–Crippen MR) is 102 cm³/mol. The van der Waals surface area contributed by atoms with Crippen molar-refractivity contribution in [1.82, 2.24) is 9.38 Å². The second-order valence-corrected chi connectivity index (χ2v) is 7.41. The van der Waals surface area contributed by atoms with Crippen LogP contribution in [0.25, 0.3) is 5.65 Å². The zero-order chi connectivity index (χ0) is 17.6. The number of pyridine rings is 1. The van der Waals surface area contributed by atoms with E-state index in [-0.39, 0.29) is 16.0 Å². The zero-order valence-electron chi connectivity index (χ0n) is 12.6. The average Bonchev–Trinajstić information content (AvgIpc) is 2.79. The molecule has 0 fully saturated rings. The van der Waals surface area contributed by atoms with Crippen LogP contribution in [0.3, 0.4) is 0 Å². The molecule has 2 heterocycles. The summed E-state index contributed by atoms with van der Waals surface area (Å²) in [6, 6.07) is 4.98. The Bertz CT molecular complexity index is 961. The summed E-state index contributed by atoms with van der Waals surface area (Å²) >= 11 is 21.6. The minimum absolute atomic E-state index is 0.268. The third-order valence-electron chi connectivity index (χ3n) is 3.45. The van der Waals surface area contributed by atoms with Crippen molar-refractivity contribution in [3.63, 3.8) is 0 Å². The molecule has 24 heavy (non-hydrogen) atoms. The summed E-state index contributed by atoms with van der Waals surface area (Å²) in [5.74, 6) is -0.358. The van der Waals surface area contributed by atoms with Crippen LogP contribution in [0, 0.1) is 13.8 Å². The molecule has 8 heteroatoms. The minimum atomic E-state index is -0.358. The maximum Gasteiger partial charge on any atom is 0.274 e. The highest BCUT2D eigenvalue weighted by Gasteiger charge is 2.20. The van der Waals surface area contributed by atoms with E-state index in [0.717, 1.165) is 10.0 Å². The maximum atomic E-state index is 12.8. The van der Waals surface area contributed by atoms with Gasteiger partial charge in [-0.15, -0.1) is 0 Å². The standard InChI is InChI=1S/C16H11BrCl3N3O/c1-7-3-10(17)15-21-8(2)14(23(15)6-7)16(24)22-13-11(19)4-9(18)5-12(13)20/h3-6H,1-2H3,(H,22,24). The molecule has 3 rings (SSSR count). The summed E-state index contributed by atoms with van der Waals surface area (Å²) < 4.78 is 2.55. The third kappa shape index (κ3) is 3.14. The van der Waals surface area contributed by atoms with Crippen LogP contribution in [0.15, 0.2) is 28.9 Å². The van der Waals surface area contributed by atoms with Crippen molar-refractivity contribution < 1.29 is 4.79 Å². The fraction of sp³-hybridized carbons (Fsp3) is 0.125. The van der Waals surface area contributed by atoms with E-state index in [1.165, 1.54) is 12.1 Å². The first-order chi connectivity index (χ1) is 11.3. The highest BCUT2D eigenvalue weighted by Crippen LogP contribution is 2.34. The van der Waals surface area contributed by atoms with Gasteiger partial charge in [0, 0.05) is 11.2 Å². The summed E-state index contributed by atoms with van der Waals surface area (Å²) in [5.41, 5.74) is 2.98. The SMILES string of the molecule is Cc1cc(Br)c2nc(C)c(C(=O)Nc3c(Cl)cc(Cl)cc3Cl)n2c1. The van der Waals surface area contributed by atoms with Crippen molar-refractivity contribution in [2.24, 2.45) is 0 Å². The topological polar surface area (TPSA) is 46.4 Å². The van der Waals surface area contributed by atoms with E-state index in [0.29, 0.717) is 27.7 Å². The third-order valence-corrected chi connectivity index (χ3v) is 4.84. The molecule has 0 saturated heterocycles. The van der Waals surface area contributed by atoms with Gasteiger partial charge in [-0.1, -0.05) is 34.8 Å². The minimum Gasteiger partial charge on any atom is -0.318 e. The normalized spacial score (nSPS) is 11.1. The Kier molecular flexibility index (Phi) is 4.80. The summed E-state index contributed by atoms with van der Waals surface area (Å²) in [7, 11) is 0. The number of hydrogen-bond acceptors (Lipinski definition) is 2. The molecule has 1 N–H and O–H groups in total. The van der Waals surface area contributed by atoms with Crippen LogP contribution in [-0.2, 0) is 0 Å². The van der Waals surface area contributed by atoms with Crippen molar-refractivity contribution in [3.8, 4) is 0 Å². The lowest BCUT2D eigenvalue weighted by Crippen LogP contribution is -2.16. The number of carbonyl (C=O) groups excluding carboxylic acids is 1. The number of carbonyl (C=O) groups is 1. The van der Waals surface area contributed by atoms with Crippen LogP contribution in [0.2, 0.25) is 15.1 Å². The lowest BCUT2D eigenvalue weighted by atomic mass is 10.2. The monoisotopic (exact) mass is 445 g/mol. The molecule has 2 aromatic heterocycles. The molecule has 3 aromatic rings. The zero-order valence-corrected chi connectivity index (χ0v) is 16.5. The molecule has 0 unspecified atom stereocenters. The van der Waals surface area contributed by atoms with Gasteiger partial charge in [-0.05, 0) is 53.5 Å². The Morgan fingerprint density at radius 2 is 1.79 bits per heavy atom. The van der Waals surface area contributed by atoms with E-state index < -0.39 is 0 Å². The van der Waals surface area contributed by atoms with E-state index in [2.05, 4.69) is 26.2 Å². The number of fused-ring (bicyclic) bond motifs is 1. The number of benzene rings is 1. The highest BCUT2D eigenvalue weighted by atomic mass is 79.9. The largest absolute Gasteiger partial charge is 0.318 e. The molecule has 4 nitrogen and oxygen atoms in total. The lowest BCUT2D eigenvalue weighted by Gasteiger charge is -2.10. The molecule has 0 saturated carbocycles. The van der Waals surface area contributed by atoms with Gasteiger partial charge >= 0.3 is 0 Å². The van der Waals surface area contributed by atoms with Crippen molar-refractivity contribution in [1.29, 1.82) is 0 Å². The summed E-state index contributed by atoms with van der Waals surface area (Å²) in [6.07, 6.45) is 1.85. The van der Waals surface area contributed by atoms with Gasteiger partial charge in [0.05, 0.1) is 25.9 Å². The van der Waals surface area contributed by atoms with E-state index in [9.17, 15) is 4.79 Å². The number of hydrogen-bond donors (Lipinski definition) is 1. The molecular weight excluding hydrogens is 436 g/mol. The average molecular weight is 448 g/mol. The molecular formula is C16H11BrCl3N3O. The summed E-state index contributed by atoms with van der Waals surface area (Å²) in [6.45, 7) is 3.71. The van der Waals surface area contributed by atoms with Crippen molar-refractivity contribution in [2.45, 2.75) is 13.8 Å². The van der Waals surface area contributed by atoms with Gasteiger partial charge in [-0.25, -0.2) is 4.98 Å². The number of aryl methyl sites for hydroxylation is 2. The van der Waals surface area contributed by atoms with Crippen LogP contribution < -0.4 is 5.32 Å². The molecule has 0 radical (unpaired) electrons. The lowest BCUT2D eigenvalue weighted by molar-refractivity contribution is 0.102. The Morgan fingerprint density at radius 1 is 1.17 bits per heavy atom. The van der Waals surface area contributed by atoms with Crippen molar-refractivity contribution in [3.05, 3.63) is 60.9 Å². The molecule has 0 atom stereocenters. The molecule has 0 aliphatic heterocycles. The number of amides is 1. The Labute approximate surface area is 161 Å². The second-order valence-electron chi connectivity index (χ2n) is 5.30. The van der Waals surface area contributed by atoms with E-state index in [1.807, 2.05) is 19.2 Å². The first kappa shape index (κ1) is 17.5. The summed E-state index contributed by atoms with van der Waals surface area (Å²) in [5, 5.41) is 3.68. The number of nitrogens with one attached hydrogen (secondary N) is 1. The van der Waals surface area contributed by atoms with E-state index in [4.69, 9.17) is 34.8 Å². The molecule has 0 bridgehead atoms. The molecule has 0 aliphatic rings. The van der Waals surface area contributed by atoms with Crippen molar-refractivity contribution in [2.75, 3.05) is 5.32 Å². The van der Waals surface area contributed by atoms with Crippen LogP contribution in [0.4, 0.5) is 5.69 Å². The number of anilines is 1. The van der Waals surface area contributed by atoms with Gasteiger partial charge < -0.3 is 5.32 Å². The highest BCUT2D eigenvalue weighted by molar-refractivity contribution is 9.10. The molecule has 124 valence electrons. The molecule has 1 aromatic carbocycles. The van der Waals surface area contributed by atoms with Crippen LogP contribution in [0.1, 0.15) is 21.7 Å². The van der Waals surface area contributed by atoms with Crippen LogP contribution in [0.5, 0.6) is 0 Å². The van der Waals surface area contributed by atoms with Crippen LogP contribution in [-0.4, -0.2) is 15.3 Å². The van der Waals surface area contributed by atoms with Gasteiger partial charge in [-0.3, -0.25) is 9.20 Å². The van der Waals surface area contributed by atoms with Gasteiger partial charge in [0.25, 0.3) is 5.91 Å². The molecule has 0 spiro atoms. The first-order valence-corrected chi connectivity index (χ1v) is 8.81. The smallest absolute Gasteiger partial charge is 0.274 e. The van der Waals surface area contributed by atoms with Gasteiger partial charge in [-0.2, -0.15) is 0 Å². The Balaban J connectivity index is 2.09. The number of rotatable bonds is 2. The second kappa shape index (κ2) is 6.56. The van der Waals surface area contributed by atoms with E-state index in [1.54, 1.807) is 11.3 Å². The van der Waals surface area contributed by atoms with Gasteiger partial charge in [0.15, 0.2) is 5.65 Å². The number of imidazole rings is 1. The number of nitrogens with zero attached hydrogens (tertiary/aromatic N) is 2. The predicted octanol–water partition coefficient (Wildman–Crippen LogP) is 5.93. The quantitative estimate of drug-likeness (QED) is 0.530. The maximum absolute atomic E-state index is 12.8. The Hall–Kier alpha value is -1.27. The first-order valence-electron chi connectivity index (χ1n) is 6.88. The fourth-order valence-electron chi connectivity index (χ4n) is 2.45.